The van der Waals surface area contributed by atoms with Crippen LogP contribution in [0.4, 0.5) is 4.79 Å². The number of nitrogens with zero attached hydrogens (tertiary/aromatic N) is 1. The number of amides is 2. The molecule has 140 valence electrons. The summed E-state index contributed by atoms with van der Waals surface area (Å²) in [6, 6.07) is 0. The van der Waals surface area contributed by atoms with Crippen molar-refractivity contribution in [1.29, 1.82) is 0 Å². The molecule has 2 amide bonds. The zero-order chi connectivity index (χ0) is 18.0. The highest BCUT2D eigenvalue weighted by Crippen LogP contribution is 2.16. The maximum atomic E-state index is 11.9. The minimum absolute atomic E-state index is 0.0666. The average Bonchev–Trinajstić information content (AvgIpc) is 2.49. The Morgan fingerprint density at radius 2 is 1.83 bits per heavy atom. The highest BCUT2D eigenvalue weighted by molar-refractivity contribution is 5.76. The van der Waals surface area contributed by atoms with E-state index in [-0.39, 0.29) is 5.91 Å². The Balaban J connectivity index is 2.04. The quantitative estimate of drug-likeness (QED) is 0.666. The van der Waals surface area contributed by atoms with E-state index in [2.05, 4.69) is 22.5 Å². The van der Waals surface area contributed by atoms with Crippen LogP contribution in [0.3, 0.4) is 0 Å². The number of ether oxygens (including phenoxy) is 1. The molecule has 1 saturated heterocycles. The van der Waals surface area contributed by atoms with E-state index in [4.69, 9.17) is 4.74 Å². The zero-order valence-electron chi connectivity index (χ0n) is 15.8. The van der Waals surface area contributed by atoms with Gasteiger partial charge in [-0.05, 0) is 72.0 Å². The van der Waals surface area contributed by atoms with Gasteiger partial charge in [-0.3, -0.25) is 4.79 Å². The van der Waals surface area contributed by atoms with Gasteiger partial charge in [-0.2, -0.15) is 0 Å². The molecule has 2 N–H and O–H groups in total. The van der Waals surface area contributed by atoms with E-state index >= 15 is 0 Å². The second kappa shape index (κ2) is 10.5. The van der Waals surface area contributed by atoms with Gasteiger partial charge in [-0.15, -0.1) is 0 Å². The van der Waals surface area contributed by atoms with Crippen molar-refractivity contribution in [3.05, 3.63) is 0 Å². The predicted molar refractivity (Wildman–Crippen MR) is 95.9 cm³/mol. The third-order valence-corrected chi connectivity index (χ3v) is 4.08. The summed E-state index contributed by atoms with van der Waals surface area (Å²) in [6.07, 6.45) is 4.17. The van der Waals surface area contributed by atoms with E-state index in [9.17, 15) is 9.59 Å². The molecule has 1 fully saturated rings. The SMILES string of the molecule is CCCN1CCC(CNC(=O)CCCNC(=O)OC(C)(C)C)CC1. The average molecular weight is 341 g/mol. The van der Waals surface area contributed by atoms with Crippen LogP contribution in [0.2, 0.25) is 0 Å². The number of carbonyl (C=O) groups is 2. The number of piperidine rings is 1. The minimum Gasteiger partial charge on any atom is -0.444 e. The van der Waals surface area contributed by atoms with Crippen molar-refractivity contribution in [3.8, 4) is 0 Å². The first-order valence-corrected chi connectivity index (χ1v) is 9.26. The summed E-state index contributed by atoms with van der Waals surface area (Å²) in [5, 5.41) is 5.69. The summed E-state index contributed by atoms with van der Waals surface area (Å²) in [5.41, 5.74) is -0.492. The van der Waals surface area contributed by atoms with Gasteiger partial charge in [-0.1, -0.05) is 6.92 Å². The van der Waals surface area contributed by atoms with Gasteiger partial charge in [-0.25, -0.2) is 4.79 Å². The van der Waals surface area contributed by atoms with Crippen molar-refractivity contribution in [2.75, 3.05) is 32.7 Å². The van der Waals surface area contributed by atoms with Crippen LogP contribution < -0.4 is 10.6 Å². The molecule has 0 aliphatic carbocycles. The lowest BCUT2D eigenvalue weighted by Crippen LogP contribution is -2.39. The normalized spacial score (nSPS) is 16.7. The predicted octanol–water partition coefficient (Wildman–Crippen LogP) is 2.53. The molecule has 1 aliphatic heterocycles. The zero-order valence-corrected chi connectivity index (χ0v) is 15.8. The van der Waals surface area contributed by atoms with Crippen molar-refractivity contribution in [2.24, 2.45) is 5.92 Å². The van der Waals surface area contributed by atoms with Gasteiger partial charge < -0.3 is 20.3 Å². The summed E-state index contributed by atoms with van der Waals surface area (Å²) < 4.78 is 5.14. The van der Waals surface area contributed by atoms with Crippen LogP contribution in [0.25, 0.3) is 0 Å². The Morgan fingerprint density at radius 1 is 1.17 bits per heavy atom. The van der Waals surface area contributed by atoms with Gasteiger partial charge in [0.25, 0.3) is 0 Å². The molecule has 0 atom stereocenters. The molecule has 1 heterocycles. The van der Waals surface area contributed by atoms with Crippen LogP contribution in [-0.4, -0.2) is 55.2 Å². The van der Waals surface area contributed by atoms with Crippen LogP contribution in [0.5, 0.6) is 0 Å². The molecule has 0 unspecified atom stereocenters. The lowest BCUT2D eigenvalue weighted by Gasteiger charge is -2.31. The van der Waals surface area contributed by atoms with E-state index in [1.807, 2.05) is 20.8 Å². The summed E-state index contributed by atoms with van der Waals surface area (Å²) in [7, 11) is 0. The van der Waals surface area contributed by atoms with Crippen molar-refractivity contribution in [1.82, 2.24) is 15.5 Å². The van der Waals surface area contributed by atoms with Gasteiger partial charge in [0.15, 0.2) is 0 Å². The molecule has 0 aromatic rings. The van der Waals surface area contributed by atoms with Crippen molar-refractivity contribution >= 4 is 12.0 Å². The third kappa shape index (κ3) is 9.75. The minimum atomic E-state index is -0.492. The second-order valence-electron chi connectivity index (χ2n) is 7.62. The molecule has 1 rings (SSSR count). The molecule has 0 aromatic heterocycles. The number of nitrogens with one attached hydrogen (secondary N) is 2. The summed E-state index contributed by atoms with van der Waals surface area (Å²) in [4.78, 5) is 25.8. The van der Waals surface area contributed by atoms with Crippen LogP contribution >= 0.6 is 0 Å². The molecule has 6 nitrogen and oxygen atoms in total. The van der Waals surface area contributed by atoms with E-state index in [0.29, 0.717) is 25.3 Å². The van der Waals surface area contributed by atoms with Crippen LogP contribution in [0.15, 0.2) is 0 Å². The van der Waals surface area contributed by atoms with E-state index in [1.165, 1.54) is 25.8 Å². The highest BCUT2D eigenvalue weighted by Gasteiger charge is 2.19. The Labute approximate surface area is 146 Å². The van der Waals surface area contributed by atoms with E-state index < -0.39 is 11.7 Å². The van der Waals surface area contributed by atoms with Crippen LogP contribution in [0.1, 0.15) is 59.8 Å². The molecular weight excluding hydrogens is 306 g/mol. The molecule has 24 heavy (non-hydrogen) atoms. The Kier molecular flexibility index (Phi) is 9.11. The Morgan fingerprint density at radius 3 is 2.42 bits per heavy atom. The fourth-order valence-corrected chi connectivity index (χ4v) is 2.83. The molecule has 6 heteroatoms. The largest absolute Gasteiger partial charge is 0.444 e. The van der Waals surface area contributed by atoms with Gasteiger partial charge >= 0.3 is 6.09 Å². The standard InChI is InChI=1S/C18H35N3O3/c1-5-11-21-12-8-15(9-13-21)14-20-16(22)7-6-10-19-17(23)24-18(2,3)4/h15H,5-14H2,1-4H3,(H,19,23)(H,20,22). The summed E-state index contributed by atoms with van der Waals surface area (Å²) in [6.45, 7) is 12.4. The van der Waals surface area contributed by atoms with Gasteiger partial charge in [0.05, 0.1) is 0 Å². The molecule has 1 aliphatic rings. The highest BCUT2D eigenvalue weighted by atomic mass is 16.6. The maximum Gasteiger partial charge on any atom is 0.407 e. The molecular formula is C18H35N3O3. The maximum absolute atomic E-state index is 11.9. The second-order valence-corrected chi connectivity index (χ2v) is 7.62. The molecule has 0 saturated carbocycles. The molecule has 0 aromatic carbocycles. The number of hydrogen-bond donors (Lipinski definition) is 2. The first kappa shape index (κ1) is 20.7. The number of carbonyl (C=O) groups excluding carboxylic acids is 2. The first-order valence-electron chi connectivity index (χ1n) is 9.26. The van der Waals surface area contributed by atoms with Crippen LogP contribution in [-0.2, 0) is 9.53 Å². The van der Waals surface area contributed by atoms with Crippen molar-refractivity contribution in [3.63, 3.8) is 0 Å². The number of likely N-dealkylation sites (tertiary alicyclic amines) is 1. The van der Waals surface area contributed by atoms with Gasteiger partial charge in [0.2, 0.25) is 5.91 Å². The van der Waals surface area contributed by atoms with Crippen molar-refractivity contribution < 1.29 is 14.3 Å². The first-order chi connectivity index (χ1) is 11.3. The molecule has 0 radical (unpaired) electrons. The lowest BCUT2D eigenvalue weighted by molar-refractivity contribution is -0.121. The fraction of sp³-hybridized carbons (Fsp3) is 0.889. The summed E-state index contributed by atoms with van der Waals surface area (Å²) in [5.74, 6) is 0.666. The summed E-state index contributed by atoms with van der Waals surface area (Å²) >= 11 is 0. The number of hydrogen-bond acceptors (Lipinski definition) is 4. The number of rotatable bonds is 8. The smallest absolute Gasteiger partial charge is 0.407 e. The monoisotopic (exact) mass is 341 g/mol. The van der Waals surface area contributed by atoms with Crippen LogP contribution in [0, 0.1) is 5.92 Å². The van der Waals surface area contributed by atoms with Gasteiger partial charge in [0.1, 0.15) is 5.60 Å². The van der Waals surface area contributed by atoms with Gasteiger partial charge in [0, 0.05) is 19.5 Å². The van der Waals surface area contributed by atoms with E-state index in [1.54, 1.807) is 0 Å². The van der Waals surface area contributed by atoms with E-state index in [0.717, 1.165) is 19.6 Å². The fourth-order valence-electron chi connectivity index (χ4n) is 2.83. The third-order valence-electron chi connectivity index (χ3n) is 4.08. The molecule has 0 spiro atoms. The topological polar surface area (TPSA) is 70.7 Å². The Bertz CT molecular complexity index is 385. The lowest BCUT2D eigenvalue weighted by atomic mass is 9.96. The Hall–Kier alpha value is -1.30. The molecule has 0 bridgehead atoms. The number of alkyl carbamates (subject to hydrolysis) is 1. The van der Waals surface area contributed by atoms with Crippen molar-refractivity contribution in [2.45, 2.75) is 65.4 Å².